The van der Waals surface area contributed by atoms with Crippen molar-refractivity contribution in [2.24, 2.45) is 0 Å². The zero-order chi connectivity index (χ0) is 15.0. The molecule has 22 heavy (non-hydrogen) atoms. The van der Waals surface area contributed by atoms with Gasteiger partial charge in [0.05, 0.1) is 0 Å². The average Bonchev–Trinajstić information content (AvgIpc) is 2.43. The number of rotatable bonds is 3. The normalized spacial score (nSPS) is 11.1. The van der Waals surface area contributed by atoms with E-state index in [0.29, 0.717) is 5.39 Å². The molecule has 0 radical (unpaired) electrons. The molecule has 0 heterocycles. The Morgan fingerprint density at radius 1 is 0.955 bits per heavy atom. The van der Waals surface area contributed by atoms with E-state index in [2.05, 4.69) is 6.58 Å². The molecule has 3 aromatic rings. The van der Waals surface area contributed by atoms with E-state index < -0.39 is 10.1 Å². The number of allylic oxidation sites excluding steroid dienone is 1. The third-order valence-corrected chi connectivity index (χ3v) is 4.63. The van der Waals surface area contributed by atoms with E-state index in [-0.39, 0.29) is 68.8 Å². The Bertz CT molecular complexity index is 962. The first-order valence-corrected chi connectivity index (χ1v) is 7.90. The standard InChI is InChI=1S/C17H14O3S.Rb.H/c1-12(2)20-21(18,19)17-9-5-8-15-10-13-6-3-4-7-14(13)11-16(15)17;;/h3-11H,1H2,2H3;;. The van der Waals surface area contributed by atoms with Gasteiger partial charge >= 0.3 is 68.3 Å². The van der Waals surface area contributed by atoms with Gasteiger partial charge in [0.1, 0.15) is 10.7 Å². The van der Waals surface area contributed by atoms with E-state index in [1.165, 1.54) is 6.92 Å². The molecule has 3 aromatic carbocycles. The van der Waals surface area contributed by atoms with Gasteiger partial charge in [-0.2, -0.15) is 8.42 Å². The van der Waals surface area contributed by atoms with Crippen molar-refractivity contribution in [3.63, 3.8) is 0 Å². The van der Waals surface area contributed by atoms with Crippen LogP contribution in [-0.4, -0.2) is 66.6 Å². The van der Waals surface area contributed by atoms with Crippen LogP contribution in [-0.2, 0) is 14.3 Å². The van der Waals surface area contributed by atoms with E-state index in [0.717, 1.165) is 16.2 Å². The van der Waals surface area contributed by atoms with Gasteiger partial charge in [0.2, 0.25) is 0 Å². The van der Waals surface area contributed by atoms with Crippen molar-refractivity contribution in [1.29, 1.82) is 0 Å². The summed E-state index contributed by atoms with van der Waals surface area (Å²) in [7, 11) is -3.85. The molecule has 0 unspecified atom stereocenters. The first kappa shape index (κ1) is 17.8. The van der Waals surface area contributed by atoms with Gasteiger partial charge in [-0.3, -0.25) is 0 Å². The molecular formula is C17H15O3RbS. The monoisotopic (exact) mass is 384 g/mol. The molecule has 0 bridgehead atoms. The molecule has 0 aromatic heterocycles. The molecule has 0 atom stereocenters. The summed E-state index contributed by atoms with van der Waals surface area (Å²) in [5, 5.41) is 3.57. The summed E-state index contributed by atoms with van der Waals surface area (Å²) in [6.07, 6.45) is 0. The van der Waals surface area contributed by atoms with Crippen molar-refractivity contribution in [2.45, 2.75) is 11.8 Å². The Labute approximate surface area is 178 Å². The van der Waals surface area contributed by atoms with Gasteiger partial charge < -0.3 is 4.18 Å². The van der Waals surface area contributed by atoms with Crippen molar-refractivity contribution in [3.05, 3.63) is 66.9 Å². The van der Waals surface area contributed by atoms with Crippen LogP contribution in [0, 0.1) is 0 Å². The van der Waals surface area contributed by atoms with Crippen molar-refractivity contribution in [3.8, 4) is 0 Å². The number of hydrogen-bond acceptors (Lipinski definition) is 3. The van der Waals surface area contributed by atoms with Gasteiger partial charge in [-0.1, -0.05) is 43.0 Å². The molecule has 0 N–H and O–H groups in total. The Balaban J connectivity index is 0.00000176. The van der Waals surface area contributed by atoms with Gasteiger partial charge in [0, 0.05) is 5.39 Å². The van der Waals surface area contributed by atoms with E-state index in [4.69, 9.17) is 4.18 Å². The molecule has 0 spiro atoms. The summed E-state index contributed by atoms with van der Waals surface area (Å²) >= 11 is 0. The molecule has 0 aliphatic rings. The minimum atomic E-state index is -3.85. The van der Waals surface area contributed by atoms with Gasteiger partial charge in [-0.05, 0) is 41.3 Å². The molecule has 0 saturated heterocycles. The molecule has 0 amide bonds. The maximum absolute atomic E-state index is 12.3. The van der Waals surface area contributed by atoms with Gasteiger partial charge in [0.25, 0.3) is 0 Å². The number of benzene rings is 3. The average molecular weight is 385 g/mol. The topological polar surface area (TPSA) is 43.4 Å². The Kier molecular flexibility index (Phi) is 5.61. The predicted octanol–water partition coefficient (Wildman–Crippen LogP) is 3.58. The van der Waals surface area contributed by atoms with E-state index in [1.54, 1.807) is 12.1 Å². The third kappa shape index (κ3) is 3.52. The Hall–Kier alpha value is -0.525. The summed E-state index contributed by atoms with van der Waals surface area (Å²) in [4.78, 5) is 0.161. The van der Waals surface area contributed by atoms with Crippen LogP contribution < -0.4 is 0 Å². The van der Waals surface area contributed by atoms with Crippen molar-refractivity contribution >= 4 is 89.9 Å². The molecule has 3 rings (SSSR count). The molecule has 108 valence electrons. The SMILES string of the molecule is C=C(C)OS(=O)(=O)c1cccc2cc3ccccc3cc12.[RbH]. The summed E-state index contributed by atoms with van der Waals surface area (Å²) in [5.41, 5.74) is 0. The second kappa shape index (κ2) is 6.93. The molecule has 5 heteroatoms. The fourth-order valence-corrected chi connectivity index (χ4v) is 3.54. The second-order valence-electron chi connectivity index (χ2n) is 4.92. The van der Waals surface area contributed by atoms with Gasteiger partial charge in [0.15, 0.2) is 0 Å². The van der Waals surface area contributed by atoms with Crippen molar-refractivity contribution in [2.75, 3.05) is 0 Å². The summed E-state index contributed by atoms with van der Waals surface area (Å²) in [5.74, 6) is 0.146. The van der Waals surface area contributed by atoms with Crippen LogP contribution in [0.4, 0.5) is 0 Å². The molecular weight excluding hydrogens is 370 g/mol. The van der Waals surface area contributed by atoms with Crippen LogP contribution in [0.15, 0.2) is 71.8 Å². The van der Waals surface area contributed by atoms with Crippen molar-refractivity contribution in [1.82, 2.24) is 0 Å². The zero-order valence-electron chi connectivity index (χ0n) is 11.5. The number of fused-ring (bicyclic) bond motifs is 2. The molecule has 0 aliphatic heterocycles. The molecule has 0 fully saturated rings. The van der Waals surface area contributed by atoms with Crippen LogP contribution >= 0.6 is 0 Å². The van der Waals surface area contributed by atoms with Gasteiger partial charge in [-0.25, -0.2) is 0 Å². The summed E-state index contributed by atoms with van der Waals surface area (Å²) < 4.78 is 29.5. The first-order valence-electron chi connectivity index (χ1n) is 6.49. The quantitative estimate of drug-likeness (QED) is 0.394. The minimum absolute atomic E-state index is 0. The van der Waals surface area contributed by atoms with E-state index in [9.17, 15) is 8.42 Å². The van der Waals surface area contributed by atoms with Gasteiger partial charge in [-0.15, -0.1) is 0 Å². The van der Waals surface area contributed by atoms with Crippen molar-refractivity contribution < 1.29 is 12.6 Å². The fraction of sp³-hybridized carbons (Fsp3) is 0.0588. The summed E-state index contributed by atoms with van der Waals surface area (Å²) in [6, 6.07) is 16.8. The molecule has 0 aliphatic carbocycles. The van der Waals surface area contributed by atoms with Crippen LogP contribution in [0.5, 0.6) is 0 Å². The fourth-order valence-electron chi connectivity index (χ4n) is 2.39. The van der Waals surface area contributed by atoms with Crippen LogP contribution in [0.3, 0.4) is 0 Å². The number of hydrogen-bond donors (Lipinski definition) is 0. The predicted molar refractivity (Wildman–Crippen MR) is 91.7 cm³/mol. The first-order chi connectivity index (χ1) is 9.97. The van der Waals surface area contributed by atoms with Crippen LogP contribution in [0.1, 0.15) is 6.92 Å². The summed E-state index contributed by atoms with van der Waals surface area (Å²) in [6.45, 7) is 5.01. The zero-order valence-corrected chi connectivity index (χ0v) is 12.4. The van der Waals surface area contributed by atoms with E-state index >= 15 is 0 Å². The Morgan fingerprint density at radius 3 is 2.18 bits per heavy atom. The van der Waals surface area contributed by atoms with Crippen LogP contribution in [0.2, 0.25) is 0 Å². The van der Waals surface area contributed by atoms with Crippen LogP contribution in [0.25, 0.3) is 21.5 Å². The second-order valence-corrected chi connectivity index (χ2v) is 6.43. The van der Waals surface area contributed by atoms with E-state index in [1.807, 2.05) is 42.5 Å². The maximum atomic E-state index is 12.3. The Morgan fingerprint density at radius 2 is 1.55 bits per heavy atom. The molecule has 3 nitrogen and oxygen atoms in total. The molecule has 0 saturated carbocycles. The third-order valence-electron chi connectivity index (χ3n) is 3.23.